The Bertz CT molecular complexity index is 1260. The summed E-state index contributed by atoms with van der Waals surface area (Å²) in [6.07, 6.45) is 0.00894. The van der Waals surface area contributed by atoms with Gasteiger partial charge in [-0.3, -0.25) is 14.5 Å². The third-order valence-electron chi connectivity index (χ3n) is 5.51. The summed E-state index contributed by atoms with van der Waals surface area (Å²) in [5.74, 6) is -0.913. The largest absolute Gasteiger partial charge is 0.507 e. The van der Waals surface area contributed by atoms with Crippen LogP contribution in [0.5, 0.6) is 5.75 Å². The molecule has 0 aliphatic carbocycles. The van der Waals surface area contributed by atoms with Gasteiger partial charge in [-0.2, -0.15) is 0 Å². The number of benzene rings is 2. The van der Waals surface area contributed by atoms with Gasteiger partial charge in [-0.05, 0) is 92.7 Å². The minimum absolute atomic E-state index is 0.00894. The van der Waals surface area contributed by atoms with Crippen LogP contribution in [0, 0.1) is 13.8 Å². The van der Waals surface area contributed by atoms with Crippen LogP contribution in [0.1, 0.15) is 41.5 Å². The maximum atomic E-state index is 13.2. The molecule has 0 bridgehead atoms. The topological polar surface area (TPSA) is 66.8 Å². The van der Waals surface area contributed by atoms with Crippen LogP contribution in [-0.4, -0.2) is 22.9 Å². The molecule has 3 aromatic rings. The van der Waals surface area contributed by atoms with Gasteiger partial charge in [-0.15, -0.1) is 11.3 Å². The highest BCUT2D eigenvalue weighted by molar-refractivity contribution is 7.10. The molecule has 5 nitrogen and oxygen atoms in total. The van der Waals surface area contributed by atoms with E-state index >= 15 is 0 Å². The Hall–Kier alpha value is -3.09. The van der Waals surface area contributed by atoms with E-state index < -0.39 is 17.7 Å². The summed E-state index contributed by atoms with van der Waals surface area (Å²) in [4.78, 5) is 28.7. The number of ketones is 1. The van der Waals surface area contributed by atoms with E-state index in [-0.39, 0.29) is 17.4 Å². The van der Waals surface area contributed by atoms with E-state index in [2.05, 4.69) is 0 Å². The Balaban J connectivity index is 1.88. The number of amides is 1. The second-order valence-electron chi connectivity index (χ2n) is 8.26. The van der Waals surface area contributed by atoms with Gasteiger partial charge in [0.1, 0.15) is 17.6 Å². The minimum atomic E-state index is -0.738. The van der Waals surface area contributed by atoms with Crippen molar-refractivity contribution in [3.8, 4) is 5.75 Å². The highest BCUT2D eigenvalue weighted by Crippen LogP contribution is 2.45. The highest BCUT2D eigenvalue weighted by Gasteiger charge is 2.47. The van der Waals surface area contributed by atoms with Crippen LogP contribution in [0.2, 0.25) is 5.02 Å². The number of aliphatic hydroxyl groups excluding tert-OH is 1. The van der Waals surface area contributed by atoms with Crippen LogP contribution in [0.15, 0.2) is 59.5 Å². The molecule has 1 aromatic heterocycles. The summed E-state index contributed by atoms with van der Waals surface area (Å²) in [6, 6.07) is 13.2. The van der Waals surface area contributed by atoms with E-state index in [1.165, 1.54) is 16.2 Å². The first-order chi connectivity index (χ1) is 15.7. The Labute approximate surface area is 201 Å². The number of carbonyl (C=O) groups excluding carboxylic acids is 2. The van der Waals surface area contributed by atoms with Crippen LogP contribution in [0.25, 0.3) is 5.76 Å². The Kier molecular flexibility index (Phi) is 6.32. The summed E-state index contributed by atoms with van der Waals surface area (Å²) >= 11 is 7.48. The molecular weight excluding hydrogens is 458 g/mol. The normalized spacial score (nSPS) is 17.8. The van der Waals surface area contributed by atoms with Gasteiger partial charge in [-0.1, -0.05) is 11.6 Å². The molecule has 1 amide bonds. The first kappa shape index (κ1) is 23.1. The fraction of sp³-hybridized carbons (Fsp3) is 0.231. The van der Waals surface area contributed by atoms with E-state index in [0.717, 1.165) is 16.0 Å². The average molecular weight is 482 g/mol. The van der Waals surface area contributed by atoms with Gasteiger partial charge < -0.3 is 9.84 Å². The summed E-state index contributed by atoms with van der Waals surface area (Å²) in [5.41, 5.74) is 2.82. The van der Waals surface area contributed by atoms with Crippen LogP contribution in [0.3, 0.4) is 0 Å². The van der Waals surface area contributed by atoms with Crippen LogP contribution in [0.4, 0.5) is 5.69 Å². The summed E-state index contributed by atoms with van der Waals surface area (Å²) < 4.78 is 5.79. The number of Topliss-reactive ketones (excluding diaryl/α,β-unsaturated/α-hetero) is 1. The fourth-order valence-corrected chi connectivity index (χ4v) is 5.10. The van der Waals surface area contributed by atoms with Crippen molar-refractivity contribution in [3.63, 3.8) is 0 Å². The number of halogens is 1. The number of aryl methyl sites for hydroxylation is 2. The van der Waals surface area contributed by atoms with E-state index in [1.54, 1.807) is 42.5 Å². The summed E-state index contributed by atoms with van der Waals surface area (Å²) in [6.45, 7) is 7.68. The molecule has 2 heterocycles. The lowest BCUT2D eigenvalue weighted by atomic mass is 9.97. The van der Waals surface area contributed by atoms with Crippen molar-refractivity contribution >= 4 is 46.1 Å². The predicted octanol–water partition coefficient (Wildman–Crippen LogP) is 6.43. The molecule has 0 spiro atoms. The SMILES string of the molecule is Cc1cc(/C(O)=C2/C(=O)C(=O)N(c3ccc(Cl)cc3)C2c2sccc2C)ccc1OC(C)C. The lowest BCUT2D eigenvalue weighted by Crippen LogP contribution is -2.29. The standard InChI is InChI=1S/C26H24ClNO4S/c1-14(2)32-20-10-5-17(13-16(20)4)23(29)21-22(25-15(3)11-12-33-25)28(26(31)24(21)30)19-8-6-18(27)7-9-19/h5-14,22,29H,1-4H3/b23-21-. The molecular formula is C26H24ClNO4S. The summed E-state index contributed by atoms with van der Waals surface area (Å²) in [7, 11) is 0. The van der Waals surface area contributed by atoms with Crippen molar-refractivity contribution < 1.29 is 19.4 Å². The number of ether oxygens (including phenoxy) is 1. The van der Waals surface area contributed by atoms with Crippen LogP contribution in [-0.2, 0) is 9.59 Å². The number of aliphatic hydroxyl groups is 1. The van der Waals surface area contributed by atoms with Gasteiger partial charge >= 0.3 is 0 Å². The molecule has 4 rings (SSSR count). The van der Waals surface area contributed by atoms with Crippen LogP contribution >= 0.6 is 22.9 Å². The molecule has 7 heteroatoms. The zero-order chi connectivity index (χ0) is 23.9. The number of carbonyl (C=O) groups is 2. The van der Waals surface area contributed by atoms with E-state index in [9.17, 15) is 14.7 Å². The number of hydrogen-bond acceptors (Lipinski definition) is 5. The van der Waals surface area contributed by atoms with Crippen molar-refractivity contribution in [3.05, 3.63) is 86.1 Å². The van der Waals surface area contributed by atoms with Crippen molar-refractivity contribution in [2.45, 2.75) is 39.8 Å². The second kappa shape index (κ2) is 9.04. The molecule has 1 saturated heterocycles. The third-order valence-corrected chi connectivity index (χ3v) is 6.83. The number of nitrogens with zero attached hydrogens (tertiary/aromatic N) is 1. The van der Waals surface area contributed by atoms with Gasteiger partial charge in [0.15, 0.2) is 0 Å². The lowest BCUT2D eigenvalue weighted by molar-refractivity contribution is -0.132. The van der Waals surface area contributed by atoms with Gasteiger partial charge in [0.05, 0.1) is 11.7 Å². The number of rotatable bonds is 5. The lowest BCUT2D eigenvalue weighted by Gasteiger charge is -2.25. The van der Waals surface area contributed by atoms with Gasteiger partial charge in [0, 0.05) is 21.2 Å². The molecule has 0 radical (unpaired) electrons. The monoisotopic (exact) mass is 481 g/mol. The molecule has 1 aliphatic heterocycles. The van der Waals surface area contributed by atoms with E-state index in [1.807, 2.05) is 39.1 Å². The molecule has 1 aliphatic rings. The van der Waals surface area contributed by atoms with Gasteiger partial charge in [0.2, 0.25) is 0 Å². The quantitative estimate of drug-likeness (QED) is 0.259. The van der Waals surface area contributed by atoms with Crippen molar-refractivity contribution in [1.29, 1.82) is 0 Å². The number of hydrogen-bond donors (Lipinski definition) is 1. The highest BCUT2D eigenvalue weighted by atomic mass is 35.5. The van der Waals surface area contributed by atoms with Gasteiger partial charge in [-0.25, -0.2) is 0 Å². The minimum Gasteiger partial charge on any atom is -0.507 e. The van der Waals surface area contributed by atoms with Gasteiger partial charge in [0.25, 0.3) is 11.7 Å². The first-order valence-electron chi connectivity index (χ1n) is 10.6. The Morgan fingerprint density at radius 2 is 1.76 bits per heavy atom. The fourth-order valence-electron chi connectivity index (χ4n) is 3.95. The summed E-state index contributed by atoms with van der Waals surface area (Å²) in [5, 5.41) is 13.7. The zero-order valence-corrected chi connectivity index (χ0v) is 20.3. The number of anilines is 1. The molecule has 2 aromatic carbocycles. The smallest absolute Gasteiger partial charge is 0.300 e. The molecule has 0 saturated carbocycles. The van der Waals surface area contributed by atoms with Crippen molar-refractivity contribution in [2.24, 2.45) is 0 Å². The zero-order valence-electron chi connectivity index (χ0n) is 18.8. The van der Waals surface area contributed by atoms with Crippen molar-refractivity contribution in [2.75, 3.05) is 4.90 Å². The van der Waals surface area contributed by atoms with E-state index in [0.29, 0.717) is 22.0 Å². The Morgan fingerprint density at radius 3 is 2.33 bits per heavy atom. The molecule has 170 valence electrons. The van der Waals surface area contributed by atoms with E-state index in [4.69, 9.17) is 16.3 Å². The average Bonchev–Trinajstić information content (AvgIpc) is 3.30. The Morgan fingerprint density at radius 1 is 1.06 bits per heavy atom. The molecule has 1 atom stereocenters. The first-order valence-corrected chi connectivity index (χ1v) is 11.8. The molecule has 1 N–H and O–H groups in total. The molecule has 1 fully saturated rings. The predicted molar refractivity (Wildman–Crippen MR) is 132 cm³/mol. The second-order valence-corrected chi connectivity index (χ2v) is 9.64. The maximum absolute atomic E-state index is 13.2. The maximum Gasteiger partial charge on any atom is 0.300 e. The third kappa shape index (κ3) is 4.28. The number of thiophene rings is 1. The van der Waals surface area contributed by atoms with Crippen LogP contribution < -0.4 is 9.64 Å². The van der Waals surface area contributed by atoms with Crippen molar-refractivity contribution in [1.82, 2.24) is 0 Å². The molecule has 1 unspecified atom stereocenters. The molecule has 33 heavy (non-hydrogen) atoms.